The monoisotopic (exact) mass is 196 g/mol. The van der Waals surface area contributed by atoms with E-state index in [0.717, 1.165) is 31.2 Å². The van der Waals surface area contributed by atoms with Gasteiger partial charge in [-0.3, -0.25) is 0 Å². The van der Waals surface area contributed by atoms with E-state index in [-0.39, 0.29) is 5.41 Å². The minimum Gasteiger partial charge on any atom is -0.444 e. The normalized spacial score (nSPS) is 12.0. The van der Waals surface area contributed by atoms with Gasteiger partial charge in [-0.25, -0.2) is 4.98 Å². The van der Waals surface area contributed by atoms with Gasteiger partial charge in [-0.2, -0.15) is 0 Å². The number of aromatic nitrogens is 1. The zero-order chi connectivity index (χ0) is 10.6. The number of hydrogen-bond donors (Lipinski definition) is 1. The van der Waals surface area contributed by atoms with Crippen molar-refractivity contribution in [2.75, 3.05) is 6.54 Å². The lowest BCUT2D eigenvalue weighted by molar-refractivity contribution is 0.349. The molecule has 3 nitrogen and oxygen atoms in total. The van der Waals surface area contributed by atoms with Crippen LogP contribution in [0.3, 0.4) is 0 Å². The fourth-order valence-electron chi connectivity index (χ4n) is 1.27. The molecular formula is C11H20N2O. The van der Waals surface area contributed by atoms with Gasteiger partial charge in [0.15, 0.2) is 0 Å². The van der Waals surface area contributed by atoms with Crippen molar-refractivity contribution in [3.8, 4) is 0 Å². The highest BCUT2D eigenvalue weighted by Crippen LogP contribution is 2.20. The second-order valence-corrected chi connectivity index (χ2v) is 4.74. The molecule has 0 atom stereocenters. The summed E-state index contributed by atoms with van der Waals surface area (Å²) in [4.78, 5) is 4.21. The first-order chi connectivity index (χ1) is 6.51. The van der Waals surface area contributed by atoms with E-state index in [1.807, 2.05) is 6.20 Å². The summed E-state index contributed by atoms with van der Waals surface area (Å²) in [7, 11) is 0. The average molecular weight is 196 g/mol. The maximum Gasteiger partial charge on any atom is 0.208 e. The predicted octanol–water partition coefficient (Wildman–Crippen LogP) is 2.37. The molecule has 14 heavy (non-hydrogen) atoms. The zero-order valence-electron chi connectivity index (χ0n) is 9.55. The molecule has 1 heterocycles. The highest BCUT2D eigenvalue weighted by molar-refractivity contribution is 4.96. The van der Waals surface area contributed by atoms with Crippen LogP contribution in [-0.4, -0.2) is 11.5 Å². The summed E-state index contributed by atoms with van der Waals surface area (Å²) in [6, 6.07) is 0. The molecule has 0 bridgehead atoms. The van der Waals surface area contributed by atoms with Crippen LogP contribution in [0, 0.1) is 5.41 Å². The minimum absolute atomic E-state index is 0.259. The third kappa shape index (κ3) is 3.92. The molecule has 0 aliphatic heterocycles. The summed E-state index contributed by atoms with van der Waals surface area (Å²) in [6.07, 6.45) is 2.77. The average Bonchev–Trinajstić information content (AvgIpc) is 2.46. The SMILES string of the molecule is CCNCc1ncc(CC(C)(C)C)o1. The van der Waals surface area contributed by atoms with Crippen LogP contribution in [-0.2, 0) is 13.0 Å². The second kappa shape index (κ2) is 4.60. The number of hydrogen-bond acceptors (Lipinski definition) is 3. The lowest BCUT2D eigenvalue weighted by Gasteiger charge is -2.15. The number of oxazole rings is 1. The fraction of sp³-hybridized carbons (Fsp3) is 0.727. The van der Waals surface area contributed by atoms with Crippen LogP contribution >= 0.6 is 0 Å². The van der Waals surface area contributed by atoms with Crippen molar-refractivity contribution < 1.29 is 4.42 Å². The first-order valence-electron chi connectivity index (χ1n) is 5.15. The molecule has 0 spiro atoms. The Morgan fingerprint density at radius 2 is 2.14 bits per heavy atom. The molecule has 0 fully saturated rings. The number of nitrogens with zero attached hydrogens (tertiary/aromatic N) is 1. The smallest absolute Gasteiger partial charge is 0.208 e. The van der Waals surface area contributed by atoms with Crippen LogP contribution < -0.4 is 5.32 Å². The molecule has 0 aliphatic rings. The molecule has 3 heteroatoms. The standard InChI is InChI=1S/C11H20N2O/c1-5-12-8-10-13-7-9(14-10)6-11(2,3)4/h7,12H,5-6,8H2,1-4H3. The molecule has 1 aromatic rings. The summed E-state index contributed by atoms with van der Waals surface area (Å²) < 4.78 is 5.59. The van der Waals surface area contributed by atoms with Gasteiger partial charge in [-0.1, -0.05) is 27.7 Å². The molecule has 0 saturated heterocycles. The van der Waals surface area contributed by atoms with Crippen LogP contribution in [0.2, 0.25) is 0 Å². The van der Waals surface area contributed by atoms with Crippen LogP contribution in [0.15, 0.2) is 10.6 Å². The lowest BCUT2D eigenvalue weighted by atomic mass is 9.91. The summed E-state index contributed by atoms with van der Waals surface area (Å²) in [5, 5.41) is 3.18. The third-order valence-electron chi connectivity index (χ3n) is 1.83. The summed E-state index contributed by atoms with van der Waals surface area (Å²) >= 11 is 0. The van der Waals surface area contributed by atoms with E-state index >= 15 is 0 Å². The highest BCUT2D eigenvalue weighted by atomic mass is 16.4. The third-order valence-corrected chi connectivity index (χ3v) is 1.83. The highest BCUT2D eigenvalue weighted by Gasteiger charge is 2.14. The van der Waals surface area contributed by atoms with Crippen molar-refractivity contribution >= 4 is 0 Å². The number of rotatable bonds is 4. The quantitative estimate of drug-likeness (QED) is 0.803. The Kier molecular flexibility index (Phi) is 3.69. The summed E-state index contributed by atoms with van der Waals surface area (Å²) in [5.41, 5.74) is 0.259. The molecular weight excluding hydrogens is 176 g/mol. The summed E-state index contributed by atoms with van der Waals surface area (Å²) in [5.74, 6) is 1.76. The van der Waals surface area contributed by atoms with E-state index in [1.165, 1.54) is 0 Å². The van der Waals surface area contributed by atoms with Crippen molar-refractivity contribution in [2.45, 2.75) is 40.7 Å². The van der Waals surface area contributed by atoms with Crippen molar-refractivity contribution in [1.82, 2.24) is 10.3 Å². The molecule has 0 amide bonds. The number of nitrogens with one attached hydrogen (secondary N) is 1. The molecule has 0 aromatic carbocycles. The Hall–Kier alpha value is -0.830. The van der Waals surface area contributed by atoms with Crippen LogP contribution in [0.25, 0.3) is 0 Å². The molecule has 1 rings (SSSR count). The van der Waals surface area contributed by atoms with Gasteiger partial charge in [0.2, 0.25) is 5.89 Å². The van der Waals surface area contributed by atoms with Gasteiger partial charge in [0.05, 0.1) is 12.7 Å². The molecule has 0 radical (unpaired) electrons. The zero-order valence-corrected chi connectivity index (χ0v) is 9.55. The van der Waals surface area contributed by atoms with Gasteiger partial charge >= 0.3 is 0 Å². The van der Waals surface area contributed by atoms with E-state index in [2.05, 4.69) is 38.0 Å². The maximum absolute atomic E-state index is 5.59. The van der Waals surface area contributed by atoms with Gasteiger partial charge in [0, 0.05) is 6.42 Å². The predicted molar refractivity (Wildman–Crippen MR) is 57.0 cm³/mol. The second-order valence-electron chi connectivity index (χ2n) is 4.74. The van der Waals surface area contributed by atoms with Gasteiger partial charge in [0.1, 0.15) is 5.76 Å². The molecule has 0 aliphatic carbocycles. The summed E-state index contributed by atoms with van der Waals surface area (Å²) in [6.45, 7) is 10.3. The van der Waals surface area contributed by atoms with E-state index < -0.39 is 0 Å². The topological polar surface area (TPSA) is 38.1 Å². The van der Waals surface area contributed by atoms with Gasteiger partial charge in [-0.05, 0) is 12.0 Å². The molecule has 1 N–H and O–H groups in total. The van der Waals surface area contributed by atoms with Crippen LogP contribution in [0.5, 0.6) is 0 Å². The van der Waals surface area contributed by atoms with Crippen LogP contribution in [0.4, 0.5) is 0 Å². The minimum atomic E-state index is 0.259. The van der Waals surface area contributed by atoms with E-state index in [1.54, 1.807) is 0 Å². The molecule has 0 saturated carbocycles. The Bertz CT molecular complexity index is 273. The Balaban J connectivity index is 2.51. The van der Waals surface area contributed by atoms with Crippen molar-refractivity contribution in [3.05, 3.63) is 17.8 Å². The Morgan fingerprint density at radius 1 is 1.43 bits per heavy atom. The van der Waals surface area contributed by atoms with Crippen LogP contribution in [0.1, 0.15) is 39.3 Å². The van der Waals surface area contributed by atoms with Crippen molar-refractivity contribution in [2.24, 2.45) is 5.41 Å². The van der Waals surface area contributed by atoms with E-state index in [9.17, 15) is 0 Å². The molecule has 80 valence electrons. The van der Waals surface area contributed by atoms with E-state index in [4.69, 9.17) is 4.42 Å². The lowest BCUT2D eigenvalue weighted by Crippen LogP contribution is -2.11. The first-order valence-corrected chi connectivity index (χ1v) is 5.15. The molecule has 0 unspecified atom stereocenters. The Morgan fingerprint density at radius 3 is 2.71 bits per heavy atom. The maximum atomic E-state index is 5.59. The van der Waals surface area contributed by atoms with Gasteiger partial charge in [0.25, 0.3) is 0 Å². The molecule has 1 aromatic heterocycles. The first kappa shape index (κ1) is 11.2. The Labute approximate surface area is 85.9 Å². The largest absolute Gasteiger partial charge is 0.444 e. The fourth-order valence-corrected chi connectivity index (χ4v) is 1.27. The van der Waals surface area contributed by atoms with Crippen molar-refractivity contribution in [1.29, 1.82) is 0 Å². The van der Waals surface area contributed by atoms with Gasteiger partial charge < -0.3 is 9.73 Å². The van der Waals surface area contributed by atoms with Gasteiger partial charge in [-0.15, -0.1) is 0 Å². The van der Waals surface area contributed by atoms with E-state index in [0.29, 0.717) is 0 Å². The van der Waals surface area contributed by atoms with Crippen molar-refractivity contribution in [3.63, 3.8) is 0 Å².